The van der Waals surface area contributed by atoms with Gasteiger partial charge in [-0.15, -0.1) is 0 Å². The zero-order chi connectivity index (χ0) is 18.5. The van der Waals surface area contributed by atoms with E-state index in [0.717, 1.165) is 31.2 Å². The molecule has 2 fully saturated rings. The predicted molar refractivity (Wildman–Crippen MR) is 113 cm³/mol. The van der Waals surface area contributed by atoms with E-state index in [4.69, 9.17) is 4.74 Å². The van der Waals surface area contributed by atoms with E-state index in [-0.39, 0.29) is 12.1 Å². The fraction of sp³-hybridized carbons (Fsp3) is 0.625. The van der Waals surface area contributed by atoms with Crippen LogP contribution in [0.15, 0.2) is 42.5 Å². The quantitative estimate of drug-likeness (QED) is 0.324. The van der Waals surface area contributed by atoms with Gasteiger partial charge in [-0.25, -0.2) is 4.79 Å². The number of hydrogen-bond donors (Lipinski definition) is 0. The van der Waals surface area contributed by atoms with E-state index in [9.17, 15) is 4.79 Å². The van der Waals surface area contributed by atoms with E-state index in [2.05, 4.69) is 12.2 Å². The number of allylic oxidation sites excluding steroid dienone is 1. The van der Waals surface area contributed by atoms with Crippen molar-refractivity contribution >= 4 is 12.7 Å². The minimum absolute atomic E-state index is 0.0494. The van der Waals surface area contributed by atoms with Crippen LogP contribution in [0.25, 0.3) is 0 Å². The molecule has 4 rings (SSSR count). The molecule has 0 spiro atoms. The van der Waals surface area contributed by atoms with Crippen molar-refractivity contribution in [2.24, 2.45) is 5.92 Å². The number of fused-ring (bicyclic) bond motifs is 2. The van der Waals surface area contributed by atoms with E-state index in [1.807, 2.05) is 30.3 Å². The summed E-state index contributed by atoms with van der Waals surface area (Å²) in [6.07, 6.45) is 19.6. The Labute approximate surface area is 164 Å². The molecule has 2 aliphatic heterocycles. The van der Waals surface area contributed by atoms with Crippen LogP contribution in [-0.2, 0) is 4.74 Å². The Bertz CT molecular complexity index is 619. The lowest BCUT2D eigenvalue weighted by molar-refractivity contribution is 0.0359. The van der Waals surface area contributed by atoms with Crippen molar-refractivity contribution in [3.8, 4) is 0 Å². The Morgan fingerprint density at radius 1 is 0.926 bits per heavy atom. The molecule has 2 saturated heterocycles. The monoisotopic (exact) mass is 364 g/mol. The Balaban J connectivity index is 1.20. The summed E-state index contributed by atoms with van der Waals surface area (Å²) >= 11 is 0. The summed E-state index contributed by atoms with van der Waals surface area (Å²) < 4.78 is 5.65. The summed E-state index contributed by atoms with van der Waals surface area (Å²) in [6, 6.07) is 9.31. The zero-order valence-electron chi connectivity index (χ0n) is 16.5. The molecule has 1 aromatic rings. The minimum atomic E-state index is -0.201. The molecule has 3 heteroatoms. The second-order valence-corrected chi connectivity index (χ2v) is 9.01. The topological polar surface area (TPSA) is 26.3 Å². The standard InChI is InChI=1S/C24H33BO2/c26-24(20-8-2-1-3-9-20)27-23-16-14-19(15-17-23)7-6-18-25-21-10-4-11-22(25)13-5-12-21/h1-3,8-9,14,16,19,21-23H,4-7,10-13,15,17-18H2/t19-,21?,22?,23-/m0/s1. The highest BCUT2D eigenvalue weighted by Gasteiger charge is 2.38. The molecule has 1 aliphatic carbocycles. The largest absolute Gasteiger partial charge is 0.455 e. The fourth-order valence-electron chi connectivity index (χ4n) is 5.87. The van der Waals surface area contributed by atoms with Crippen molar-refractivity contribution in [2.45, 2.75) is 88.3 Å². The maximum atomic E-state index is 12.2. The van der Waals surface area contributed by atoms with Crippen molar-refractivity contribution in [3.63, 3.8) is 0 Å². The van der Waals surface area contributed by atoms with Gasteiger partial charge in [0.05, 0.1) is 5.56 Å². The van der Waals surface area contributed by atoms with Crippen molar-refractivity contribution < 1.29 is 9.53 Å². The average molecular weight is 364 g/mol. The highest BCUT2D eigenvalue weighted by molar-refractivity contribution is 6.62. The lowest BCUT2D eigenvalue weighted by Gasteiger charge is -2.40. The molecule has 27 heavy (non-hydrogen) atoms. The second kappa shape index (κ2) is 9.12. The lowest BCUT2D eigenvalue weighted by Crippen LogP contribution is -2.34. The first-order valence-corrected chi connectivity index (χ1v) is 11.2. The molecule has 2 heterocycles. The van der Waals surface area contributed by atoms with Gasteiger partial charge in [0.2, 0.25) is 0 Å². The zero-order valence-corrected chi connectivity index (χ0v) is 16.5. The number of esters is 1. The van der Waals surface area contributed by atoms with Crippen LogP contribution in [0.5, 0.6) is 0 Å². The third-order valence-corrected chi connectivity index (χ3v) is 7.31. The molecule has 0 saturated carbocycles. The van der Waals surface area contributed by atoms with Crippen molar-refractivity contribution in [1.29, 1.82) is 0 Å². The van der Waals surface area contributed by atoms with Gasteiger partial charge in [0, 0.05) is 0 Å². The third kappa shape index (κ3) is 4.86. The highest BCUT2D eigenvalue weighted by atomic mass is 16.5. The summed E-state index contributed by atoms with van der Waals surface area (Å²) in [5.74, 6) is 2.56. The molecule has 2 atom stereocenters. The molecule has 0 N–H and O–H groups in total. The van der Waals surface area contributed by atoms with Crippen molar-refractivity contribution in [2.75, 3.05) is 0 Å². The fourth-order valence-corrected chi connectivity index (χ4v) is 5.87. The smallest absolute Gasteiger partial charge is 0.338 e. The lowest BCUT2D eigenvalue weighted by atomic mass is 9.25. The third-order valence-electron chi connectivity index (χ3n) is 7.31. The van der Waals surface area contributed by atoms with Gasteiger partial charge in [-0.05, 0) is 43.4 Å². The summed E-state index contributed by atoms with van der Waals surface area (Å²) in [6.45, 7) is 1.03. The van der Waals surface area contributed by atoms with Gasteiger partial charge in [-0.2, -0.15) is 0 Å². The molecule has 3 aliphatic rings. The first-order valence-electron chi connectivity index (χ1n) is 11.2. The van der Waals surface area contributed by atoms with E-state index < -0.39 is 0 Å². The van der Waals surface area contributed by atoms with E-state index in [1.165, 1.54) is 57.7 Å². The molecule has 0 unspecified atom stereocenters. The van der Waals surface area contributed by atoms with Crippen LogP contribution in [0, 0.1) is 5.92 Å². The molecule has 0 amide bonds. The minimum Gasteiger partial charge on any atom is -0.455 e. The van der Waals surface area contributed by atoms with Gasteiger partial charge in [-0.1, -0.05) is 87.2 Å². The number of hydrogen-bond acceptors (Lipinski definition) is 2. The normalized spacial score (nSPS) is 30.1. The number of benzene rings is 1. The summed E-state index contributed by atoms with van der Waals surface area (Å²) in [5.41, 5.74) is 0.644. The van der Waals surface area contributed by atoms with E-state index in [0.29, 0.717) is 11.5 Å². The van der Waals surface area contributed by atoms with Crippen molar-refractivity contribution in [3.05, 3.63) is 48.0 Å². The van der Waals surface area contributed by atoms with Crippen LogP contribution in [0.3, 0.4) is 0 Å². The van der Waals surface area contributed by atoms with Crippen LogP contribution in [0.1, 0.15) is 74.6 Å². The van der Waals surface area contributed by atoms with Gasteiger partial charge < -0.3 is 4.74 Å². The van der Waals surface area contributed by atoms with Crippen LogP contribution >= 0.6 is 0 Å². The summed E-state index contributed by atoms with van der Waals surface area (Å²) in [4.78, 5) is 12.2. The molecule has 2 nitrogen and oxygen atoms in total. The van der Waals surface area contributed by atoms with Crippen molar-refractivity contribution in [1.82, 2.24) is 0 Å². The van der Waals surface area contributed by atoms with Gasteiger partial charge in [0.1, 0.15) is 12.8 Å². The Kier molecular flexibility index (Phi) is 6.37. The highest BCUT2D eigenvalue weighted by Crippen LogP contribution is 2.48. The number of ether oxygens (including phenoxy) is 1. The first-order chi connectivity index (χ1) is 13.3. The van der Waals surface area contributed by atoms with Gasteiger partial charge in [0.25, 0.3) is 0 Å². The summed E-state index contributed by atoms with van der Waals surface area (Å²) in [5, 5.41) is 0. The van der Waals surface area contributed by atoms with E-state index >= 15 is 0 Å². The molecule has 144 valence electrons. The number of carbonyl (C=O) groups is 1. The van der Waals surface area contributed by atoms with Gasteiger partial charge in [0.15, 0.2) is 0 Å². The Morgan fingerprint density at radius 3 is 2.26 bits per heavy atom. The van der Waals surface area contributed by atoms with Crippen LogP contribution in [0.4, 0.5) is 0 Å². The number of carbonyl (C=O) groups excluding carboxylic acids is 1. The average Bonchev–Trinajstić information content (AvgIpc) is 2.70. The molecule has 2 bridgehead atoms. The Hall–Kier alpha value is -1.51. The molecule has 0 radical (unpaired) electrons. The number of rotatable bonds is 6. The molecule has 1 aromatic carbocycles. The maximum Gasteiger partial charge on any atom is 0.338 e. The van der Waals surface area contributed by atoms with Crippen LogP contribution < -0.4 is 0 Å². The van der Waals surface area contributed by atoms with Gasteiger partial charge >= 0.3 is 5.97 Å². The second-order valence-electron chi connectivity index (χ2n) is 9.01. The van der Waals surface area contributed by atoms with Crippen LogP contribution in [0.2, 0.25) is 18.0 Å². The van der Waals surface area contributed by atoms with E-state index in [1.54, 1.807) is 0 Å². The summed E-state index contributed by atoms with van der Waals surface area (Å²) in [7, 11) is 0. The maximum absolute atomic E-state index is 12.2. The predicted octanol–water partition coefficient (Wildman–Crippen LogP) is 6.56. The van der Waals surface area contributed by atoms with Gasteiger partial charge in [-0.3, -0.25) is 0 Å². The molecular weight excluding hydrogens is 331 g/mol. The SMILES string of the molecule is O=C(O[C@H]1C=C[C@H](CCCB2C3CCCC2CCC3)CC1)c1ccccc1. The molecule has 0 aromatic heterocycles. The molecular formula is C24H33BO2. The first kappa shape index (κ1) is 18.8. The Morgan fingerprint density at radius 2 is 1.63 bits per heavy atom. The van der Waals surface area contributed by atoms with Crippen LogP contribution in [-0.4, -0.2) is 18.8 Å².